The van der Waals surface area contributed by atoms with Crippen LogP contribution in [0.4, 0.5) is 30.2 Å². The molecule has 0 bridgehead atoms. The van der Waals surface area contributed by atoms with Gasteiger partial charge in [0.1, 0.15) is 0 Å². The number of benzene rings is 2. The lowest BCUT2D eigenvalue weighted by Crippen LogP contribution is -2.36. The molecule has 200 valence electrons. The molecule has 1 aliphatic rings. The van der Waals surface area contributed by atoms with Gasteiger partial charge in [-0.2, -0.15) is 13.2 Å². The minimum absolute atomic E-state index is 0.0907. The lowest BCUT2D eigenvalue weighted by atomic mass is 10.1. The number of pyridine rings is 1. The summed E-state index contributed by atoms with van der Waals surface area (Å²) in [4.78, 5) is 21.2. The van der Waals surface area contributed by atoms with E-state index in [4.69, 9.17) is 0 Å². The van der Waals surface area contributed by atoms with Gasteiger partial charge in [0.05, 0.1) is 28.3 Å². The average Bonchev–Trinajstić information content (AvgIpc) is 3.37. The number of anilines is 3. The van der Waals surface area contributed by atoms with Gasteiger partial charge in [0.25, 0.3) is 5.91 Å². The van der Waals surface area contributed by atoms with Crippen molar-refractivity contribution in [2.24, 2.45) is 0 Å². The molecule has 1 aliphatic heterocycles. The number of hydrazine groups is 2. The van der Waals surface area contributed by atoms with Crippen LogP contribution in [0.5, 0.6) is 0 Å². The first-order chi connectivity index (χ1) is 18.0. The van der Waals surface area contributed by atoms with Gasteiger partial charge in [-0.3, -0.25) is 14.8 Å². The predicted octanol–water partition coefficient (Wildman–Crippen LogP) is 4.49. The summed E-state index contributed by atoms with van der Waals surface area (Å²) in [7, 11) is 5.61. The fourth-order valence-corrected chi connectivity index (χ4v) is 3.93. The van der Waals surface area contributed by atoms with Crippen molar-refractivity contribution in [1.29, 1.82) is 0 Å². The van der Waals surface area contributed by atoms with E-state index >= 15 is 0 Å². The third-order valence-electron chi connectivity index (χ3n) is 6.14. The summed E-state index contributed by atoms with van der Waals surface area (Å²) < 4.78 is 40.4. The highest BCUT2D eigenvalue weighted by atomic mass is 19.4. The highest BCUT2D eigenvalue weighted by Crippen LogP contribution is 2.35. The third-order valence-corrected chi connectivity index (χ3v) is 6.14. The fourth-order valence-electron chi connectivity index (χ4n) is 3.93. The van der Waals surface area contributed by atoms with Gasteiger partial charge in [-0.05, 0) is 69.0 Å². The summed E-state index contributed by atoms with van der Waals surface area (Å²) in [6.45, 7) is 3.16. The number of nitrogens with one attached hydrogen (secondary N) is 3. The zero-order valence-electron chi connectivity index (χ0n) is 21.6. The van der Waals surface area contributed by atoms with Crippen LogP contribution in [0, 0.1) is 6.92 Å². The zero-order chi connectivity index (χ0) is 27.4. The topological polar surface area (TPSA) is 75.8 Å². The van der Waals surface area contributed by atoms with Crippen LogP contribution in [-0.2, 0) is 6.18 Å². The molecule has 0 atom stereocenters. The Morgan fingerprint density at radius 1 is 1.08 bits per heavy atom. The standard InChI is InChI=1S/C27H30F3N7O/c1-18-7-8-19(14-25(18)37-17-23(33-34-37)20-6-5-11-31-16-20)26(38)32-22-15-21(27(28,29)30)9-10-24(22)36(4)13-12-35(2)3/h5-11,14-17,33-34H,12-13H2,1-4H3,(H,32,38). The SMILES string of the molecule is Cc1ccc(C(=O)Nc2cc(C(F)(F)F)ccc2N(C)CCN(C)C)cc1N1C=C(c2cccnc2)NN1. The van der Waals surface area contributed by atoms with Crippen molar-refractivity contribution < 1.29 is 18.0 Å². The molecule has 4 rings (SSSR count). The molecule has 38 heavy (non-hydrogen) atoms. The second-order valence-electron chi connectivity index (χ2n) is 9.30. The molecule has 0 saturated heterocycles. The number of rotatable bonds is 8. The van der Waals surface area contributed by atoms with Crippen LogP contribution >= 0.6 is 0 Å². The Labute approximate surface area is 219 Å². The molecular weight excluding hydrogens is 495 g/mol. The number of amides is 1. The van der Waals surface area contributed by atoms with Crippen LogP contribution in [0.3, 0.4) is 0 Å². The quantitative estimate of drug-likeness (QED) is 0.400. The second-order valence-corrected chi connectivity index (χ2v) is 9.30. The molecule has 1 aromatic heterocycles. The fraction of sp³-hybridized carbons (Fsp3) is 0.259. The molecule has 0 aliphatic carbocycles. The number of alkyl halides is 3. The van der Waals surface area contributed by atoms with E-state index in [0.29, 0.717) is 30.0 Å². The molecule has 3 aromatic rings. The molecule has 0 fully saturated rings. The van der Waals surface area contributed by atoms with E-state index < -0.39 is 17.6 Å². The average molecular weight is 526 g/mol. The molecule has 3 N–H and O–H groups in total. The van der Waals surface area contributed by atoms with Crippen molar-refractivity contribution >= 4 is 28.7 Å². The van der Waals surface area contributed by atoms with E-state index in [0.717, 1.165) is 29.0 Å². The van der Waals surface area contributed by atoms with Crippen LogP contribution in [0.25, 0.3) is 5.70 Å². The monoisotopic (exact) mass is 525 g/mol. The molecule has 8 nitrogen and oxygen atoms in total. The predicted molar refractivity (Wildman–Crippen MR) is 143 cm³/mol. The van der Waals surface area contributed by atoms with Crippen LogP contribution < -0.4 is 26.2 Å². The van der Waals surface area contributed by atoms with Gasteiger partial charge in [0.15, 0.2) is 0 Å². The summed E-state index contributed by atoms with van der Waals surface area (Å²) in [6, 6.07) is 12.3. The number of aromatic nitrogens is 1. The van der Waals surface area contributed by atoms with Gasteiger partial charge in [0.2, 0.25) is 0 Å². The minimum atomic E-state index is -4.54. The number of halogens is 3. The van der Waals surface area contributed by atoms with Crippen molar-refractivity contribution in [3.63, 3.8) is 0 Å². The molecule has 2 aromatic carbocycles. The third kappa shape index (κ3) is 6.24. The first-order valence-electron chi connectivity index (χ1n) is 11.9. The summed E-state index contributed by atoms with van der Waals surface area (Å²) in [6.07, 6.45) is 0.713. The lowest BCUT2D eigenvalue weighted by molar-refractivity contribution is -0.137. The van der Waals surface area contributed by atoms with Crippen LogP contribution in [0.15, 0.2) is 67.1 Å². The van der Waals surface area contributed by atoms with Crippen molar-refractivity contribution in [2.75, 3.05) is 49.5 Å². The Bertz CT molecular complexity index is 1330. The van der Waals surface area contributed by atoms with Crippen molar-refractivity contribution in [2.45, 2.75) is 13.1 Å². The maximum atomic E-state index is 13.5. The molecule has 0 unspecified atom stereocenters. The number of hydrogen-bond acceptors (Lipinski definition) is 7. The number of likely N-dealkylation sites (N-methyl/N-ethyl adjacent to an activating group) is 2. The Morgan fingerprint density at radius 2 is 1.87 bits per heavy atom. The van der Waals surface area contributed by atoms with Crippen molar-refractivity contribution in [1.82, 2.24) is 20.8 Å². The van der Waals surface area contributed by atoms with Crippen LogP contribution in [0.1, 0.15) is 27.0 Å². The van der Waals surface area contributed by atoms with Crippen molar-refractivity contribution in [3.8, 4) is 0 Å². The van der Waals surface area contributed by atoms with E-state index in [1.165, 1.54) is 6.07 Å². The van der Waals surface area contributed by atoms with Crippen molar-refractivity contribution in [3.05, 3.63) is 89.4 Å². The van der Waals surface area contributed by atoms with Gasteiger partial charge in [-0.25, -0.2) is 0 Å². The number of carbonyl (C=O) groups excluding carboxylic acids is 1. The molecular formula is C27H30F3N7O. The van der Waals surface area contributed by atoms with E-state index in [1.807, 2.05) is 49.2 Å². The highest BCUT2D eigenvalue weighted by molar-refractivity contribution is 6.06. The van der Waals surface area contributed by atoms with Gasteiger partial charge in [0, 0.05) is 49.9 Å². The Kier molecular flexibility index (Phi) is 7.88. The minimum Gasteiger partial charge on any atom is -0.372 e. The van der Waals surface area contributed by atoms with Gasteiger partial charge in [-0.1, -0.05) is 6.07 Å². The summed E-state index contributed by atoms with van der Waals surface area (Å²) in [5, 5.41) is 4.44. The van der Waals surface area contributed by atoms with Crippen LogP contribution in [-0.4, -0.2) is 50.0 Å². The summed E-state index contributed by atoms with van der Waals surface area (Å²) in [5.74, 6) is -0.517. The van der Waals surface area contributed by atoms with E-state index in [2.05, 4.69) is 21.3 Å². The van der Waals surface area contributed by atoms with E-state index in [-0.39, 0.29) is 5.69 Å². The Balaban J connectivity index is 1.61. The normalized spacial score (nSPS) is 13.4. The first-order valence-corrected chi connectivity index (χ1v) is 11.9. The number of nitrogens with zero attached hydrogens (tertiary/aromatic N) is 4. The summed E-state index contributed by atoms with van der Waals surface area (Å²) >= 11 is 0. The van der Waals surface area contributed by atoms with Gasteiger partial charge >= 0.3 is 6.18 Å². The Morgan fingerprint density at radius 3 is 2.55 bits per heavy atom. The highest BCUT2D eigenvalue weighted by Gasteiger charge is 2.31. The molecule has 0 radical (unpaired) electrons. The number of hydrogen-bond donors (Lipinski definition) is 3. The molecule has 11 heteroatoms. The second kappa shape index (κ2) is 11.1. The maximum Gasteiger partial charge on any atom is 0.416 e. The maximum absolute atomic E-state index is 13.5. The molecule has 0 spiro atoms. The van der Waals surface area contributed by atoms with E-state index in [1.54, 1.807) is 42.6 Å². The largest absolute Gasteiger partial charge is 0.416 e. The smallest absolute Gasteiger partial charge is 0.372 e. The Hall–Kier alpha value is -4.09. The molecule has 1 amide bonds. The lowest BCUT2D eigenvalue weighted by Gasteiger charge is -2.25. The molecule has 2 heterocycles. The first kappa shape index (κ1) is 27.0. The van der Waals surface area contributed by atoms with Gasteiger partial charge < -0.3 is 20.5 Å². The van der Waals surface area contributed by atoms with Gasteiger partial charge in [-0.15, -0.1) is 5.53 Å². The van der Waals surface area contributed by atoms with E-state index in [9.17, 15) is 18.0 Å². The van der Waals surface area contributed by atoms with Crippen LogP contribution in [0.2, 0.25) is 0 Å². The molecule has 0 saturated carbocycles. The number of aryl methyl sites for hydroxylation is 1. The summed E-state index contributed by atoms with van der Waals surface area (Å²) in [5.41, 5.74) is 9.45. The number of carbonyl (C=O) groups is 1. The zero-order valence-corrected chi connectivity index (χ0v) is 21.6.